The van der Waals surface area contributed by atoms with Crippen molar-refractivity contribution in [2.75, 3.05) is 39.4 Å². The van der Waals surface area contributed by atoms with Crippen LogP contribution in [0.4, 0.5) is 0 Å². The average molecular weight is 988 g/mol. The number of rotatable bonds is 6. The molecular weight excluding hydrogens is 928 g/mol. The predicted octanol–water partition coefficient (Wildman–Crippen LogP) is -9.21. The van der Waals surface area contributed by atoms with Gasteiger partial charge in [-0.25, -0.2) is 0 Å². The number of carboxylic acids is 4. The minimum absolute atomic E-state index is 0. The van der Waals surface area contributed by atoms with Crippen LogP contribution in [0, 0.1) is 0 Å². The molecule has 0 saturated heterocycles. The molecule has 0 aliphatic rings. The van der Waals surface area contributed by atoms with Gasteiger partial charge in [-0.2, -0.15) is 0 Å². The maximum absolute atomic E-state index is 11.7. The monoisotopic (exact) mass is 986 g/mol. The van der Waals surface area contributed by atoms with Crippen molar-refractivity contribution >= 4 is 67.0 Å². The minimum Gasteiger partial charge on any atom is -0.545 e. The molecule has 5 aromatic rings. The molecule has 0 bridgehead atoms. The van der Waals surface area contributed by atoms with Gasteiger partial charge in [0, 0.05) is 97.2 Å². The fourth-order valence-electron chi connectivity index (χ4n) is 4.57. The van der Waals surface area contributed by atoms with Crippen LogP contribution < -0.4 is 66.3 Å². The van der Waals surface area contributed by atoms with Crippen molar-refractivity contribution in [2.24, 2.45) is 45.9 Å². The van der Waals surface area contributed by atoms with Gasteiger partial charge in [0.25, 0.3) is 0 Å². The molecule has 0 saturated carbocycles. The molecule has 0 fully saturated rings. The molecule has 0 aromatic heterocycles. The number of carbonyl (C=O) groups excluding carboxylic acids is 4. The van der Waals surface area contributed by atoms with E-state index in [-0.39, 0.29) is 113 Å². The van der Waals surface area contributed by atoms with E-state index in [4.69, 9.17) is 56.1 Å². The largest absolute Gasteiger partial charge is 2.00 e. The molecule has 0 unspecified atom stereocenters. The molecule has 0 spiro atoms. The quantitative estimate of drug-likeness (QED) is 0.0429. The number of benzene rings is 5. The first-order chi connectivity index (χ1) is 25.7. The summed E-state index contributed by atoms with van der Waals surface area (Å²) in [5, 5.41) is 64.1. The topological polar surface area (TPSA) is 598 Å². The van der Waals surface area contributed by atoms with E-state index in [1.807, 2.05) is 0 Å². The summed E-state index contributed by atoms with van der Waals surface area (Å²) < 4.78 is 0. The molecule has 30 N–H and O–H groups in total. The molecule has 0 heterocycles. The SMILES string of the molecule is CCO.CCO.N/C=C\N.N/C=C\N.NCCN.NCCN.O.O.O.O.O.O.O=C([O-])c1ccc2c3ccc(C(=O)[O-])c4c(C(=O)[O-])ccc(c5ccc(C(=O)[O-])c1c25)c43.[Cu+2].[Cu+2]. The number of fused-ring (bicyclic) bond motifs is 2. The zero-order valence-corrected chi connectivity index (χ0v) is 35.4. The summed E-state index contributed by atoms with van der Waals surface area (Å²) in [4.78, 5) is 46.9. The van der Waals surface area contributed by atoms with Gasteiger partial charge in [-0.3, -0.25) is 0 Å². The fraction of sp³-hybridized carbons (Fsp3) is 0.222. The number of hydrogen-bond acceptors (Lipinski definition) is 18. The number of aliphatic hydroxyl groups is 2. The number of carboxylic acid groups (broad SMARTS) is 4. The summed E-state index contributed by atoms with van der Waals surface area (Å²) in [5.74, 6) is -6.31. The van der Waals surface area contributed by atoms with Crippen LogP contribution in [0.5, 0.6) is 0 Å². The van der Waals surface area contributed by atoms with E-state index in [0.29, 0.717) is 58.5 Å². The Balaban J connectivity index is -0.0000000959. The minimum atomic E-state index is -1.58. The molecule has 0 aliphatic carbocycles. The van der Waals surface area contributed by atoms with Crippen molar-refractivity contribution in [1.82, 2.24) is 0 Å². The van der Waals surface area contributed by atoms with Gasteiger partial charge in [0.1, 0.15) is 0 Å². The van der Waals surface area contributed by atoms with E-state index in [9.17, 15) is 39.6 Å². The van der Waals surface area contributed by atoms with E-state index < -0.39 is 23.9 Å². The molecular formula is C36H60Cu2N8O16. The van der Waals surface area contributed by atoms with Crippen LogP contribution in [0.1, 0.15) is 55.3 Å². The first-order valence-corrected chi connectivity index (χ1v) is 16.0. The predicted molar refractivity (Wildman–Crippen MR) is 223 cm³/mol. The maximum atomic E-state index is 11.7. The number of carbonyl (C=O) groups is 4. The van der Waals surface area contributed by atoms with Crippen LogP contribution in [0.3, 0.4) is 0 Å². The number of aromatic carboxylic acids is 4. The average Bonchev–Trinajstić information content (AvgIpc) is 3.16. The summed E-state index contributed by atoms with van der Waals surface area (Å²) >= 11 is 0. The van der Waals surface area contributed by atoms with Crippen molar-refractivity contribution in [3.8, 4) is 0 Å². The Hall–Kier alpha value is -5.48. The molecule has 0 amide bonds. The summed E-state index contributed by atoms with van der Waals surface area (Å²) in [6, 6.07) is 10.5. The summed E-state index contributed by atoms with van der Waals surface area (Å²) in [5.41, 5.74) is 37.1. The van der Waals surface area contributed by atoms with E-state index in [0.717, 1.165) is 0 Å². The van der Waals surface area contributed by atoms with Crippen molar-refractivity contribution in [2.45, 2.75) is 13.8 Å². The second-order valence-electron chi connectivity index (χ2n) is 9.85. The van der Waals surface area contributed by atoms with Crippen molar-refractivity contribution in [3.63, 3.8) is 0 Å². The van der Waals surface area contributed by atoms with E-state index in [1.165, 1.54) is 73.3 Å². The van der Waals surface area contributed by atoms with Gasteiger partial charge in [-0.05, 0) is 46.2 Å². The Morgan fingerprint density at radius 2 is 0.565 bits per heavy atom. The summed E-state index contributed by atoms with van der Waals surface area (Å²) in [6.45, 7) is 6.25. The zero-order chi connectivity index (χ0) is 42.0. The van der Waals surface area contributed by atoms with Gasteiger partial charge in [0.05, 0.1) is 23.9 Å². The van der Waals surface area contributed by atoms with Gasteiger partial charge in [-0.1, -0.05) is 48.5 Å². The van der Waals surface area contributed by atoms with Crippen LogP contribution in [-0.4, -0.2) is 106 Å². The number of hydrogen-bond donors (Lipinski definition) is 10. The summed E-state index contributed by atoms with van der Waals surface area (Å²) in [7, 11) is 0. The van der Waals surface area contributed by atoms with Gasteiger partial charge in [0.15, 0.2) is 0 Å². The smallest absolute Gasteiger partial charge is 0.545 e. The van der Waals surface area contributed by atoms with Crippen molar-refractivity contribution in [1.29, 1.82) is 0 Å². The van der Waals surface area contributed by atoms with Gasteiger partial charge in [-0.15, -0.1) is 0 Å². The molecule has 362 valence electrons. The van der Waals surface area contributed by atoms with Crippen LogP contribution in [0.2, 0.25) is 0 Å². The van der Waals surface area contributed by atoms with Crippen LogP contribution in [-0.2, 0) is 34.1 Å². The van der Waals surface area contributed by atoms with Crippen LogP contribution in [0.25, 0.3) is 43.1 Å². The van der Waals surface area contributed by atoms with Crippen molar-refractivity contribution < 1.29 is 117 Å². The second kappa shape index (κ2) is 45.1. The van der Waals surface area contributed by atoms with Crippen LogP contribution >= 0.6 is 0 Å². The molecule has 2 radical (unpaired) electrons. The third-order valence-corrected chi connectivity index (χ3v) is 6.34. The summed E-state index contributed by atoms with van der Waals surface area (Å²) in [6.07, 6.45) is 5.11. The molecule has 5 rings (SSSR count). The van der Waals surface area contributed by atoms with E-state index in [1.54, 1.807) is 13.8 Å². The third kappa shape index (κ3) is 22.9. The molecule has 5 aromatic carbocycles. The van der Waals surface area contributed by atoms with Gasteiger partial charge in [0.2, 0.25) is 0 Å². The Kier molecular flexibility index (Phi) is 58.5. The first kappa shape index (κ1) is 80.5. The Morgan fingerprint density at radius 3 is 0.661 bits per heavy atom. The zero-order valence-electron chi connectivity index (χ0n) is 33.6. The van der Waals surface area contributed by atoms with Crippen molar-refractivity contribution in [3.05, 3.63) is 95.6 Å². The van der Waals surface area contributed by atoms with E-state index in [2.05, 4.69) is 0 Å². The molecule has 0 aliphatic heterocycles. The number of aliphatic hydroxyl groups excluding tert-OH is 2. The first-order valence-electron chi connectivity index (χ1n) is 16.0. The van der Waals surface area contributed by atoms with E-state index >= 15 is 0 Å². The third-order valence-electron chi connectivity index (χ3n) is 6.34. The normalized spacial score (nSPS) is 8.65. The van der Waals surface area contributed by atoms with Gasteiger partial charge >= 0.3 is 34.1 Å². The number of nitrogens with two attached hydrogens (primary N) is 8. The van der Waals surface area contributed by atoms with Gasteiger partial charge < -0.3 is 129 Å². The molecule has 0 atom stereocenters. The molecule has 24 nitrogen and oxygen atoms in total. The fourth-order valence-corrected chi connectivity index (χ4v) is 4.57. The standard InChI is InChI=1S/C24H12O8.2C2H8N2.2C2H6N2.2C2H6O.2Cu.6H2O/c25-21(26)13-5-1-9-10-2-6-15(23(29)30)20-16(24(31)32)8-4-12(18(10)20)11-3-7-14(22(27)28)19(13)17(9)11;4*3-1-2-4;2*1-2-3;;;;;;;;/h1-8H,(H,25,26)(H,27,28)(H,29,30)(H,31,32);2*1-4H2;2*1-2H,3-4H2;2*3H,2H2,1H3;;;6*1H2/q;;;;;;;2*+2;;;;;;/p-4/b;;;2*2-1-;;;;;;;;;;. The molecule has 62 heavy (non-hydrogen) atoms. The second-order valence-corrected chi connectivity index (χ2v) is 9.85. The Bertz CT molecular complexity index is 1740. The maximum Gasteiger partial charge on any atom is 2.00 e. The Morgan fingerprint density at radius 1 is 0.419 bits per heavy atom. The molecule has 26 heteroatoms. The Labute approximate surface area is 377 Å². The van der Waals surface area contributed by atoms with Crippen LogP contribution in [0.15, 0.2) is 73.3 Å².